The lowest BCUT2D eigenvalue weighted by atomic mass is 10.1. The van der Waals surface area contributed by atoms with Crippen LogP contribution in [0.2, 0.25) is 0 Å². The topological polar surface area (TPSA) is 50.2 Å². The molecule has 1 saturated heterocycles. The zero-order valence-electron chi connectivity index (χ0n) is 12.8. The van der Waals surface area contributed by atoms with E-state index in [4.69, 9.17) is 0 Å². The Morgan fingerprint density at radius 2 is 2.05 bits per heavy atom. The van der Waals surface area contributed by atoms with Crippen LogP contribution in [0.15, 0.2) is 6.20 Å². The number of halogens is 3. The van der Waals surface area contributed by atoms with Gasteiger partial charge in [-0.2, -0.15) is 18.3 Å². The first kappa shape index (κ1) is 16.8. The normalized spacial score (nSPS) is 17.7. The Bertz CT molecular complexity index is 521. The number of alkyl halides is 3. The Kier molecular flexibility index (Phi) is 5.10. The van der Waals surface area contributed by atoms with E-state index in [-0.39, 0.29) is 5.92 Å². The first-order chi connectivity index (χ1) is 10.3. The van der Waals surface area contributed by atoms with Crippen LogP contribution in [0.3, 0.4) is 0 Å². The molecule has 1 N–H and O–H groups in total. The molecule has 5 nitrogen and oxygen atoms in total. The van der Waals surface area contributed by atoms with Gasteiger partial charge in [0.05, 0.1) is 5.56 Å². The van der Waals surface area contributed by atoms with E-state index in [1.54, 1.807) is 0 Å². The third kappa shape index (κ3) is 4.22. The summed E-state index contributed by atoms with van der Waals surface area (Å²) in [6.07, 6.45) is -1.16. The second-order valence-electron chi connectivity index (χ2n) is 5.89. The van der Waals surface area contributed by atoms with E-state index in [1.165, 1.54) is 19.9 Å². The predicted molar refractivity (Wildman–Crippen MR) is 75.4 cm³/mol. The van der Waals surface area contributed by atoms with Crippen molar-refractivity contribution in [1.82, 2.24) is 20.0 Å². The number of nitrogens with one attached hydrogen (secondary N) is 1. The highest BCUT2D eigenvalue weighted by atomic mass is 19.4. The van der Waals surface area contributed by atoms with E-state index in [0.717, 1.165) is 30.5 Å². The minimum atomic E-state index is -4.63. The summed E-state index contributed by atoms with van der Waals surface area (Å²) in [5.74, 6) is -0.540. The molecule has 1 aromatic heterocycles. The number of hydrogen-bond donors (Lipinski definition) is 1. The smallest absolute Gasteiger partial charge is 0.352 e. The summed E-state index contributed by atoms with van der Waals surface area (Å²) in [5, 5.41) is 5.92. The molecule has 1 aliphatic heterocycles. The van der Waals surface area contributed by atoms with Crippen LogP contribution in [0, 0.1) is 5.92 Å². The highest BCUT2D eigenvalue weighted by Gasteiger charge is 2.38. The first-order valence-electron chi connectivity index (χ1n) is 7.38. The molecule has 124 valence electrons. The summed E-state index contributed by atoms with van der Waals surface area (Å²) in [5.41, 5.74) is -1.57. The van der Waals surface area contributed by atoms with Crippen LogP contribution in [0.4, 0.5) is 13.2 Å². The molecule has 0 unspecified atom stereocenters. The maximum atomic E-state index is 12.8. The van der Waals surface area contributed by atoms with Crippen LogP contribution < -0.4 is 5.32 Å². The summed E-state index contributed by atoms with van der Waals surface area (Å²) < 4.78 is 39.5. The summed E-state index contributed by atoms with van der Waals surface area (Å²) in [4.78, 5) is 14.3. The van der Waals surface area contributed by atoms with Crippen molar-refractivity contribution in [3.8, 4) is 0 Å². The molecule has 1 aromatic rings. The molecular formula is C14H21F3N4O. The van der Waals surface area contributed by atoms with E-state index in [2.05, 4.69) is 15.3 Å². The Morgan fingerprint density at radius 1 is 1.41 bits per heavy atom. The van der Waals surface area contributed by atoms with Gasteiger partial charge >= 0.3 is 6.18 Å². The van der Waals surface area contributed by atoms with Gasteiger partial charge in [-0.3, -0.25) is 9.48 Å². The van der Waals surface area contributed by atoms with E-state index in [9.17, 15) is 18.0 Å². The van der Waals surface area contributed by atoms with Crippen molar-refractivity contribution in [3.63, 3.8) is 0 Å². The van der Waals surface area contributed by atoms with E-state index in [0.29, 0.717) is 6.54 Å². The largest absolute Gasteiger partial charge is 0.435 e. The number of carbonyl (C=O) groups is 1. The van der Waals surface area contributed by atoms with Gasteiger partial charge in [0.1, 0.15) is 0 Å². The van der Waals surface area contributed by atoms with Gasteiger partial charge in [-0.05, 0) is 31.8 Å². The van der Waals surface area contributed by atoms with E-state index < -0.39 is 23.3 Å². The number of amides is 1. The predicted octanol–water partition coefficient (Wildman–Crippen LogP) is 1.90. The number of aryl methyl sites for hydroxylation is 1. The van der Waals surface area contributed by atoms with Gasteiger partial charge in [-0.15, -0.1) is 0 Å². The molecular weight excluding hydrogens is 297 g/mol. The fourth-order valence-corrected chi connectivity index (χ4v) is 2.70. The lowest BCUT2D eigenvalue weighted by molar-refractivity contribution is -0.141. The second-order valence-corrected chi connectivity index (χ2v) is 5.89. The third-order valence-corrected chi connectivity index (χ3v) is 3.72. The number of carbonyl (C=O) groups excluding carboxylic acids is 1. The third-order valence-electron chi connectivity index (χ3n) is 3.72. The zero-order chi connectivity index (χ0) is 16.3. The Hall–Kier alpha value is -1.57. The summed E-state index contributed by atoms with van der Waals surface area (Å²) in [6, 6.07) is 0. The van der Waals surface area contributed by atoms with Crippen molar-refractivity contribution in [2.24, 2.45) is 13.0 Å². The van der Waals surface area contributed by atoms with Crippen molar-refractivity contribution in [2.45, 2.75) is 25.9 Å². The molecule has 22 heavy (non-hydrogen) atoms. The lowest BCUT2D eigenvalue weighted by Gasteiger charge is -2.20. The van der Waals surface area contributed by atoms with Crippen LogP contribution in [-0.4, -0.2) is 46.8 Å². The molecule has 0 aliphatic carbocycles. The first-order valence-corrected chi connectivity index (χ1v) is 7.38. The molecule has 8 heteroatoms. The van der Waals surface area contributed by atoms with Crippen molar-refractivity contribution < 1.29 is 18.0 Å². The Balaban J connectivity index is 1.92. The highest BCUT2D eigenvalue weighted by molar-refractivity contribution is 5.95. The Labute approximate surface area is 127 Å². The standard InChI is InChI=1S/C14H21F3N4O/c1-10(8-21-5-3-4-6-21)7-18-13(22)11-9-20(2)19-12(11)14(15,16)17/h9-10H,3-8H2,1-2H3,(H,18,22)/t10-/m0/s1. The van der Waals surface area contributed by atoms with Gasteiger partial charge in [0.25, 0.3) is 5.91 Å². The van der Waals surface area contributed by atoms with Crippen LogP contribution in [0.25, 0.3) is 0 Å². The number of likely N-dealkylation sites (tertiary alicyclic amines) is 1. The van der Waals surface area contributed by atoms with E-state index >= 15 is 0 Å². The SMILES string of the molecule is C[C@@H](CNC(=O)c1cn(C)nc1C(F)(F)F)CN1CCCC1. The van der Waals surface area contributed by atoms with Gasteiger partial charge in [0, 0.05) is 26.3 Å². The zero-order valence-corrected chi connectivity index (χ0v) is 12.8. The summed E-state index contributed by atoms with van der Waals surface area (Å²) in [6.45, 7) is 5.28. The minimum Gasteiger partial charge on any atom is -0.352 e. The van der Waals surface area contributed by atoms with Gasteiger partial charge < -0.3 is 10.2 Å². The molecule has 0 saturated carbocycles. The average Bonchev–Trinajstić information content (AvgIpc) is 3.04. The maximum Gasteiger partial charge on any atom is 0.435 e. The summed E-state index contributed by atoms with van der Waals surface area (Å²) >= 11 is 0. The maximum absolute atomic E-state index is 12.8. The monoisotopic (exact) mass is 318 g/mol. The molecule has 0 bridgehead atoms. The fourth-order valence-electron chi connectivity index (χ4n) is 2.70. The summed E-state index contributed by atoms with van der Waals surface area (Å²) in [7, 11) is 1.36. The second kappa shape index (κ2) is 6.68. The molecule has 0 spiro atoms. The van der Waals surface area contributed by atoms with Gasteiger partial charge in [0.15, 0.2) is 5.69 Å². The molecule has 2 rings (SSSR count). The van der Waals surface area contributed by atoms with Gasteiger partial charge in [-0.25, -0.2) is 0 Å². The Morgan fingerprint density at radius 3 is 2.64 bits per heavy atom. The average molecular weight is 318 g/mol. The van der Waals surface area contributed by atoms with Crippen molar-refractivity contribution in [3.05, 3.63) is 17.5 Å². The molecule has 1 aliphatic rings. The molecule has 2 heterocycles. The minimum absolute atomic E-state index is 0.188. The quantitative estimate of drug-likeness (QED) is 0.902. The van der Waals surface area contributed by atoms with Gasteiger partial charge in [-0.1, -0.05) is 6.92 Å². The number of hydrogen-bond acceptors (Lipinski definition) is 3. The van der Waals surface area contributed by atoms with Gasteiger partial charge in [0.2, 0.25) is 0 Å². The van der Waals surface area contributed by atoms with Crippen LogP contribution >= 0.6 is 0 Å². The van der Waals surface area contributed by atoms with E-state index in [1.807, 2.05) is 6.92 Å². The van der Waals surface area contributed by atoms with Crippen LogP contribution in [0.1, 0.15) is 35.8 Å². The highest BCUT2D eigenvalue weighted by Crippen LogP contribution is 2.30. The van der Waals surface area contributed by atoms with Crippen molar-refractivity contribution >= 4 is 5.91 Å². The molecule has 0 radical (unpaired) electrons. The van der Waals surface area contributed by atoms with Crippen molar-refractivity contribution in [2.75, 3.05) is 26.2 Å². The van der Waals surface area contributed by atoms with Crippen molar-refractivity contribution in [1.29, 1.82) is 0 Å². The fraction of sp³-hybridized carbons (Fsp3) is 0.714. The number of rotatable bonds is 5. The molecule has 1 fully saturated rings. The lowest BCUT2D eigenvalue weighted by Crippen LogP contribution is -2.35. The molecule has 0 aromatic carbocycles. The van der Waals surface area contributed by atoms with Crippen LogP contribution in [-0.2, 0) is 13.2 Å². The number of aromatic nitrogens is 2. The molecule has 1 amide bonds. The molecule has 1 atom stereocenters. The van der Waals surface area contributed by atoms with Crippen LogP contribution in [0.5, 0.6) is 0 Å². The number of nitrogens with zero attached hydrogens (tertiary/aromatic N) is 3.